The van der Waals surface area contributed by atoms with Gasteiger partial charge in [0.15, 0.2) is 9.84 Å². The monoisotopic (exact) mass is 575 g/mol. The number of sulfone groups is 1. The number of anilines is 3. The van der Waals surface area contributed by atoms with Gasteiger partial charge >= 0.3 is 5.97 Å². The van der Waals surface area contributed by atoms with Crippen LogP contribution in [-0.2, 0) is 24.2 Å². The van der Waals surface area contributed by atoms with Crippen LogP contribution < -0.4 is 15.5 Å². The summed E-state index contributed by atoms with van der Waals surface area (Å²) in [5, 5.41) is 6.13. The summed E-state index contributed by atoms with van der Waals surface area (Å²) in [5.41, 5.74) is 3.98. The van der Waals surface area contributed by atoms with Crippen molar-refractivity contribution in [1.29, 1.82) is 0 Å². The normalized spacial score (nSPS) is 17.3. The largest absolute Gasteiger partial charge is 0.465 e. The van der Waals surface area contributed by atoms with Gasteiger partial charge in [0.05, 0.1) is 47.7 Å². The summed E-state index contributed by atoms with van der Waals surface area (Å²) in [5.74, 6) is -0.940. The van der Waals surface area contributed by atoms with Gasteiger partial charge in [-0.05, 0) is 35.9 Å². The van der Waals surface area contributed by atoms with E-state index in [2.05, 4.69) is 15.6 Å². The second kappa shape index (κ2) is 11.5. The summed E-state index contributed by atoms with van der Waals surface area (Å²) in [6.45, 7) is 0.823. The van der Waals surface area contributed by atoms with Gasteiger partial charge in [-0.1, -0.05) is 30.3 Å². The second-order valence-corrected chi connectivity index (χ2v) is 12.0. The van der Waals surface area contributed by atoms with E-state index in [1.54, 1.807) is 31.3 Å². The first kappa shape index (κ1) is 28.0. The minimum absolute atomic E-state index is 0.0636. The van der Waals surface area contributed by atoms with E-state index in [0.29, 0.717) is 47.1 Å². The summed E-state index contributed by atoms with van der Waals surface area (Å²) in [7, 11) is -0.0620. The molecule has 2 N–H and O–H groups in total. The Labute approximate surface area is 237 Å². The lowest BCUT2D eigenvalue weighted by Gasteiger charge is -2.28. The maximum Gasteiger partial charge on any atom is 0.339 e. The Balaban J connectivity index is 1.39. The number of nitrogens with one attached hydrogen (secondary N) is 2. The maximum absolute atomic E-state index is 13.2. The quantitative estimate of drug-likeness (QED) is 0.321. The van der Waals surface area contributed by atoms with Crippen LogP contribution in [-0.4, -0.2) is 81.4 Å². The number of ether oxygens (including phenoxy) is 1. The molecule has 0 spiro atoms. The molecule has 2 aliphatic heterocycles. The van der Waals surface area contributed by atoms with Gasteiger partial charge in [-0.2, -0.15) is 0 Å². The SMILES string of the molecule is COC(=O)c1cnc2c(c1)NC(=O)/C2=C(/Nc1ccc(N(C)C(=O)CN2CCS(=O)(=O)CC2)cc1)c1ccccc1. The Hall–Kier alpha value is -4.55. The van der Waals surface area contributed by atoms with Crippen LogP contribution in [0.15, 0.2) is 66.9 Å². The Kier molecular flexibility index (Phi) is 7.86. The number of hydrogen-bond acceptors (Lipinski definition) is 9. The standard InChI is InChI=1S/C29H29N5O6S/c1-33(24(35)18-34-12-14-41(38,39)15-13-34)22-10-8-21(9-11-22)31-26(19-6-4-3-5-7-19)25-27-23(32-28(25)36)16-20(17-30-27)29(37)40-2/h3-11,16-17,31H,12-15,18H2,1-2H3,(H,32,36)/b26-25+. The Morgan fingerprint density at radius 1 is 1.05 bits per heavy atom. The summed E-state index contributed by atoms with van der Waals surface area (Å²) < 4.78 is 28.1. The number of rotatable bonds is 7. The van der Waals surface area contributed by atoms with Crippen molar-refractivity contribution in [2.24, 2.45) is 0 Å². The highest BCUT2D eigenvalue weighted by atomic mass is 32.2. The highest BCUT2D eigenvalue weighted by Crippen LogP contribution is 2.37. The number of nitrogens with zero attached hydrogens (tertiary/aromatic N) is 3. The molecule has 2 aromatic carbocycles. The molecular formula is C29H29N5O6S. The van der Waals surface area contributed by atoms with E-state index in [0.717, 1.165) is 5.56 Å². The number of amides is 2. The van der Waals surface area contributed by atoms with E-state index in [9.17, 15) is 22.8 Å². The maximum atomic E-state index is 13.2. The van der Waals surface area contributed by atoms with E-state index >= 15 is 0 Å². The highest BCUT2D eigenvalue weighted by molar-refractivity contribution is 7.91. The lowest BCUT2D eigenvalue weighted by molar-refractivity contribution is -0.119. The van der Waals surface area contributed by atoms with Crippen LogP contribution in [0.4, 0.5) is 17.1 Å². The summed E-state index contributed by atoms with van der Waals surface area (Å²) in [6.07, 6.45) is 1.37. The van der Waals surface area contributed by atoms with Crippen molar-refractivity contribution in [2.45, 2.75) is 0 Å². The average Bonchev–Trinajstić information content (AvgIpc) is 3.31. The molecule has 0 bridgehead atoms. The number of esters is 1. The number of hydrogen-bond donors (Lipinski definition) is 2. The van der Waals surface area contributed by atoms with Crippen molar-refractivity contribution in [1.82, 2.24) is 9.88 Å². The minimum atomic E-state index is -3.02. The molecule has 12 heteroatoms. The predicted octanol–water partition coefficient (Wildman–Crippen LogP) is 2.49. The third-order valence-electron chi connectivity index (χ3n) is 7.03. The number of methoxy groups -OCH3 is 1. The lowest BCUT2D eigenvalue weighted by Crippen LogP contribution is -2.45. The van der Waals surface area contributed by atoms with E-state index < -0.39 is 15.8 Å². The van der Waals surface area contributed by atoms with E-state index in [-0.39, 0.29) is 35.4 Å². The number of pyridine rings is 1. The Bertz CT molecular complexity index is 1620. The first-order chi connectivity index (χ1) is 19.6. The van der Waals surface area contributed by atoms with Crippen molar-refractivity contribution in [3.05, 3.63) is 83.7 Å². The zero-order valence-corrected chi connectivity index (χ0v) is 23.4. The van der Waals surface area contributed by atoms with E-state index in [1.807, 2.05) is 35.2 Å². The molecule has 0 saturated carbocycles. The predicted molar refractivity (Wildman–Crippen MR) is 156 cm³/mol. The van der Waals surface area contributed by atoms with Crippen molar-refractivity contribution in [3.63, 3.8) is 0 Å². The Morgan fingerprint density at radius 2 is 1.73 bits per heavy atom. The molecule has 0 aliphatic carbocycles. The molecule has 3 heterocycles. The number of likely N-dealkylation sites (N-methyl/N-ethyl adjacent to an activating group) is 1. The molecule has 0 atom stereocenters. The van der Waals surface area contributed by atoms with Crippen molar-refractivity contribution < 1.29 is 27.5 Å². The third kappa shape index (κ3) is 6.13. The molecule has 2 amide bonds. The van der Waals surface area contributed by atoms with Crippen LogP contribution in [0, 0.1) is 0 Å². The molecule has 2 aliphatic rings. The topological polar surface area (TPSA) is 138 Å². The van der Waals surface area contributed by atoms with Crippen LogP contribution in [0.5, 0.6) is 0 Å². The first-order valence-corrected chi connectivity index (χ1v) is 14.7. The molecule has 3 aromatic rings. The van der Waals surface area contributed by atoms with Crippen molar-refractivity contribution in [2.75, 3.05) is 60.8 Å². The number of carbonyl (C=O) groups is 3. The highest BCUT2D eigenvalue weighted by Gasteiger charge is 2.31. The van der Waals surface area contributed by atoms with Crippen LogP contribution >= 0.6 is 0 Å². The number of aromatic nitrogens is 1. The molecule has 41 heavy (non-hydrogen) atoms. The molecule has 11 nitrogen and oxygen atoms in total. The van der Waals surface area contributed by atoms with Gasteiger partial charge in [-0.25, -0.2) is 13.2 Å². The molecule has 1 aromatic heterocycles. The molecule has 0 unspecified atom stereocenters. The van der Waals surface area contributed by atoms with Gasteiger partial charge in [0.25, 0.3) is 5.91 Å². The van der Waals surface area contributed by atoms with Crippen LogP contribution in [0.1, 0.15) is 21.6 Å². The molecular weight excluding hydrogens is 546 g/mol. The van der Waals surface area contributed by atoms with Gasteiger partial charge in [0, 0.05) is 37.7 Å². The fraction of sp³-hybridized carbons (Fsp3) is 0.241. The first-order valence-electron chi connectivity index (χ1n) is 12.9. The fourth-order valence-electron chi connectivity index (χ4n) is 4.66. The van der Waals surface area contributed by atoms with Crippen LogP contribution in [0.3, 0.4) is 0 Å². The number of carbonyl (C=O) groups excluding carboxylic acids is 3. The summed E-state index contributed by atoms with van der Waals surface area (Å²) in [6, 6.07) is 18.1. The van der Waals surface area contributed by atoms with E-state index in [1.165, 1.54) is 24.3 Å². The van der Waals surface area contributed by atoms with E-state index in [4.69, 9.17) is 4.74 Å². The zero-order chi connectivity index (χ0) is 29.1. The number of fused-ring (bicyclic) bond motifs is 1. The van der Waals surface area contributed by atoms with Crippen LogP contribution in [0.25, 0.3) is 11.3 Å². The molecule has 1 fully saturated rings. The zero-order valence-electron chi connectivity index (χ0n) is 22.6. The van der Waals surface area contributed by atoms with Crippen LogP contribution in [0.2, 0.25) is 0 Å². The smallest absolute Gasteiger partial charge is 0.339 e. The minimum Gasteiger partial charge on any atom is -0.465 e. The molecule has 212 valence electrons. The Morgan fingerprint density at radius 3 is 2.39 bits per heavy atom. The summed E-state index contributed by atoms with van der Waals surface area (Å²) in [4.78, 5) is 45.8. The van der Waals surface area contributed by atoms with Crippen molar-refractivity contribution >= 4 is 56.0 Å². The van der Waals surface area contributed by atoms with Gasteiger partial charge in [0.2, 0.25) is 5.91 Å². The average molecular weight is 576 g/mol. The van der Waals surface area contributed by atoms with Gasteiger partial charge in [0.1, 0.15) is 5.69 Å². The molecule has 0 radical (unpaired) electrons. The van der Waals surface area contributed by atoms with Crippen molar-refractivity contribution in [3.8, 4) is 0 Å². The molecule has 1 saturated heterocycles. The number of benzene rings is 2. The summed E-state index contributed by atoms with van der Waals surface area (Å²) >= 11 is 0. The fourth-order valence-corrected chi connectivity index (χ4v) is 5.94. The third-order valence-corrected chi connectivity index (χ3v) is 8.64. The van der Waals surface area contributed by atoms with Gasteiger partial charge < -0.3 is 20.3 Å². The van der Waals surface area contributed by atoms with Gasteiger partial charge in [-0.3, -0.25) is 19.5 Å². The molecule has 5 rings (SSSR count). The van der Waals surface area contributed by atoms with Gasteiger partial charge in [-0.15, -0.1) is 0 Å². The lowest BCUT2D eigenvalue weighted by atomic mass is 10.0. The second-order valence-electron chi connectivity index (χ2n) is 9.73.